The highest BCUT2D eigenvalue weighted by atomic mass is 32.2. The number of carbonyl (C=O) groups excluding carboxylic acids is 2. The molecule has 3 aromatic carbocycles. The average molecular weight is 475 g/mol. The van der Waals surface area contributed by atoms with Crippen molar-refractivity contribution in [1.82, 2.24) is 4.90 Å². The van der Waals surface area contributed by atoms with Gasteiger partial charge in [0.1, 0.15) is 10.9 Å². The maximum atomic E-state index is 13.5. The van der Waals surface area contributed by atoms with Crippen molar-refractivity contribution >= 4 is 69.3 Å². The van der Waals surface area contributed by atoms with Crippen molar-refractivity contribution in [2.24, 2.45) is 0 Å². The van der Waals surface area contributed by atoms with E-state index >= 15 is 0 Å². The van der Waals surface area contributed by atoms with Gasteiger partial charge in [0, 0.05) is 9.79 Å². The molecule has 0 aromatic heterocycles. The van der Waals surface area contributed by atoms with Crippen LogP contribution in [0.5, 0.6) is 0 Å². The molecule has 0 unspecified atom stereocenters. The molecule has 0 N–H and O–H groups in total. The lowest BCUT2D eigenvalue weighted by Crippen LogP contribution is -2.41. The number of hydrogen-bond acceptors (Lipinski definition) is 5. The van der Waals surface area contributed by atoms with Gasteiger partial charge in [0.05, 0.1) is 16.3 Å². The number of nitrogens with zero attached hydrogens (tertiary/aromatic N) is 2. The summed E-state index contributed by atoms with van der Waals surface area (Å²) in [6.45, 7) is 1.91. The molecule has 158 valence electrons. The van der Waals surface area contributed by atoms with Gasteiger partial charge in [-0.25, -0.2) is 0 Å². The van der Waals surface area contributed by atoms with Gasteiger partial charge >= 0.3 is 0 Å². The zero-order valence-corrected chi connectivity index (χ0v) is 19.6. The van der Waals surface area contributed by atoms with Crippen LogP contribution in [-0.2, 0) is 9.59 Å². The van der Waals surface area contributed by atoms with Crippen LogP contribution in [0.3, 0.4) is 0 Å². The molecule has 0 bridgehead atoms. The number of amides is 2. The second kappa shape index (κ2) is 8.58. The fourth-order valence-electron chi connectivity index (χ4n) is 3.63. The van der Waals surface area contributed by atoms with E-state index in [4.69, 9.17) is 12.2 Å². The van der Waals surface area contributed by atoms with Crippen LogP contribution in [0.15, 0.2) is 87.5 Å². The van der Waals surface area contributed by atoms with E-state index in [-0.39, 0.29) is 18.4 Å². The number of anilines is 2. The van der Waals surface area contributed by atoms with E-state index in [0.29, 0.717) is 9.23 Å². The number of aryl methyl sites for hydroxylation is 1. The summed E-state index contributed by atoms with van der Waals surface area (Å²) in [5.74, 6) is -0.431. The average Bonchev–Trinajstić information content (AvgIpc) is 3.06. The lowest BCUT2D eigenvalue weighted by atomic mass is 10.1. The van der Waals surface area contributed by atoms with E-state index in [1.54, 1.807) is 16.7 Å². The number of thiocarbonyl (C=S) groups is 1. The van der Waals surface area contributed by atoms with Gasteiger partial charge in [-0.15, -0.1) is 0 Å². The first-order valence-electron chi connectivity index (χ1n) is 10.0. The quantitative estimate of drug-likeness (QED) is 0.343. The van der Waals surface area contributed by atoms with Crippen LogP contribution in [0.2, 0.25) is 0 Å². The fourth-order valence-corrected chi connectivity index (χ4v) is 5.94. The van der Waals surface area contributed by atoms with E-state index in [0.717, 1.165) is 32.3 Å². The molecule has 2 heterocycles. The van der Waals surface area contributed by atoms with Crippen molar-refractivity contribution in [2.75, 3.05) is 11.4 Å². The zero-order chi connectivity index (χ0) is 22.2. The lowest BCUT2D eigenvalue weighted by Gasteiger charge is -2.32. The van der Waals surface area contributed by atoms with Crippen LogP contribution in [0.4, 0.5) is 11.4 Å². The van der Waals surface area contributed by atoms with Crippen LogP contribution in [0.25, 0.3) is 6.08 Å². The second-order valence-corrected chi connectivity index (χ2v) is 10.2. The Morgan fingerprint density at radius 1 is 0.906 bits per heavy atom. The summed E-state index contributed by atoms with van der Waals surface area (Å²) in [5.41, 5.74) is 3.72. The molecule has 3 aromatic rings. The van der Waals surface area contributed by atoms with Crippen molar-refractivity contribution in [3.8, 4) is 0 Å². The van der Waals surface area contributed by atoms with Crippen LogP contribution in [0.1, 0.15) is 11.1 Å². The van der Waals surface area contributed by atoms with Crippen LogP contribution in [0, 0.1) is 6.92 Å². The summed E-state index contributed by atoms with van der Waals surface area (Å²) in [4.78, 5) is 32.2. The van der Waals surface area contributed by atoms with Gasteiger partial charge in [0.2, 0.25) is 0 Å². The minimum Gasteiger partial charge on any atom is -0.283 e. The minimum atomic E-state index is -0.234. The van der Waals surface area contributed by atoms with Gasteiger partial charge < -0.3 is 0 Å². The molecule has 2 aliphatic heterocycles. The Kier molecular flexibility index (Phi) is 5.63. The molecule has 0 radical (unpaired) electrons. The number of carbonyl (C=O) groups is 2. The Morgan fingerprint density at radius 2 is 1.50 bits per heavy atom. The van der Waals surface area contributed by atoms with Gasteiger partial charge in [-0.05, 0) is 42.8 Å². The van der Waals surface area contributed by atoms with Gasteiger partial charge in [0.25, 0.3) is 11.8 Å². The third-order valence-electron chi connectivity index (χ3n) is 5.22. The summed E-state index contributed by atoms with van der Waals surface area (Å²) in [5, 5.41) is 0. The summed E-state index contributed by atoms with van der Waals surface area (Å²) in [6.07, 6.45) is 1.82. The number of hydrogen-bond donors (Lipinski definition) is 0. The smallest absolute Gasteiger partial charge is 0.266 e. The zero-order valence-electron chi connectivity index (χ0n) is 17.1. The molecule has 4 nitrogen and oxygen atoms in total. The number of para-hydroxylation sites is 2. The molecule has 1 saturated heterocycles. The number of thioether (sulfide) groups is 1. The van der Waals surface area contributed by atoms with E-state index in [1.807, 2.05) is 85.8 Å². The maximum absolute atomic E-state index is 13.5. The van der Waals surface area contributed by atoms with E-state index < -0.39 is 0 Å². The Bertz CT molecular complexity index is 1240. The van der Waals surface area contributed by atoms with Gasteiger partial charge in [0.15, 0.2) is 0 Å². The molecule has 2 amide bonds. The van der Waals surface area contributed by atoms with Crippen LogP contribution >= 0.6 is 35.7 Å². The molecule has 0 saturated carbocycles. The first kappa shape index (κ1) is 21.0. The van der Waals surface area contributed by atoms with Crippen molar-refractivity contribution in [1.29, 1.82) is 0 Å². The topological polar surface area (TPSA) is 40.6 Å². The summed E-state index contributed by atoms with van der Waals surface area (Å²) in [6, 6.07) is 23.5. The normalized spacial score (nSPS) is 16.3. The first-order valence-corrected chi connectivity index (χ1v) is 12.1. The molecule has 0 atom stereocenters. The molecule has 0 aliphatic carbocycles. The Labute approximate surface area is 200 Å². The minimum absolute atomic E-state index is 0.108. The molecule has 0 spiro atoms. The highest BCUT2D eigenvalue weighted by molar-refractivity contribution is 8.26. The summed E-state index contributed by atoms with van der Waals surface area (Å²) in [7, 11) is 0. The Balaban J connectivity index is 1.43. The highest BCUT2D eigenvalue weighted by Gasteiger charge is 2.36. The molecule has 32 heavy (non-hydrogen) atoms. The van der Waals surface area contributed by atoms with Crippen molar-refractivity contribution in [3.63, 3.8) is 0 Å². The molecular weight excluding hydrogens is 456 g/mol. The van der Waals surface area contributed by atoms with Crippen molar-refractivity contribution < 1.29 is 9.59 Å². The molecule has 5 rings (SSSR count). The largest absolute Gasteiger partial charge is 0.283 e. The standard InChI is InChI=1S/C25H18N2O2S3/c1-16-10-12-17(13-11-16)14-22-24(29)26(25(30)32-22)15-23(28)27-18-6-2-4-8-20(18)31-21-9-5-3-7-19(21)27/h2-14H,15H2,1H3. The van der Waals surface area contributed by atoms with Gasteiger partial charge in [-0.2, -0.15) is 0 Å². The molecule has 7 heteroatoms. The monoisotopic (exact) mass is 474 g/mol. The predicted octanol–water partition coefficient (Wildman–Crippen LogP) is 6.03. The van der Waals surface area contributed by atoms with Gasteiger partial charge in [-0.1, -0.05) is 89.8 Å². The number of benzene rings is 3. The Hall–Kier alpha value is -2.87. The Morgan fingerprint density at radius 3 is 2.12 bits per heavy atom. The molecular formula is C25H18N2O2S3. The van der Waals surface area contributed by atoms with E-state index in [1.165, 1.54) is 16.7 Å². The second-order valence-electron chi connectivity index (χ2n) is 7.45. The fraction of sp³-hybridized carbons (Fsp3) is 0.0800. The first-order chi connectivity index (χ1) is 15.5. The molecule has 1 fully saturated rings. The van der Waals surface area contributed by atoms with Crippen LogP contribution in [-0.4, -0.2) is 27.6 Å². The highest BCUT2D eigenvalue weighted by Crippen LogP contribution is 2.48. The van der Waals surface area contributed by atoms with Gasteiger partial charge in [-0.3, -0.25) is 19.4 Å². The van der Waals surface area contributed by atoms with Crippen molar-refractivity contribution in [2.45, 2.75) is 16.7 Å². The number of fused-ring (bicyclic) bond motifs is 2. The lowest BCUT2D eigenvalue weighted by molar-refractivity contribution is -0.127. The van der Waals surface area contributed by atoms with Crippen LogP contribution < -0.4 is 4.90 Å². The summed E-state index contributed by atoms with van der Waals surface area (Å²) >= 11 is 8.33. The summed E-state index contributed by atoms with van der Waals surface area (Å²) < 4.78 is 0.398. The van der Waals surface area contributed by atoms with E-state index in [2.05, 4.69) is 0 Å². The SMILES string of the molecule is Cc1ccc(C=C2SC(=S)N(CC(=O)N3c4ccccc4Sc4ccccc43)C2=O)cc1. The number of rotatable bonds is 3. The third-order valence-corrected chi connectivity index (χ3v) is 7.73. The van der Waals surface area contributed by atoms with E-state index in [9.17, 15) is 9.59 Å². The predicted molar refractivity (Wildman–Crippen MR) is 135 cm³/mol. The third kappa shape index (κ3) is 3.88. The van der Waals surface area contributed by atoms with Crippen molar-refractivity contribution in [3.05, 3.63) is 88.8 Å². The molecule has 2 aliphatic rings. The maximum Gasteiger partial charge on any atom is 0.266 e.